The van der Waals surface area contributed by atoms with Crippen LogP contribution in [0.3, 0.4) is 0 Å². The number of thioether (sulfide) groups is 1. The minimum atomic E-state index is -2.65. The minimum absolute atomic E-state index is 0.0438. The summed E-state index contributed by atoms with van der Waals surface area (Å²) in [5, 5.41) is 11.7. The number of nitrogens with one attached hydrogen (secondary N) is 3. The van der Waals surface area contributed by atoms with Crippen molar-refractivity contribution in [1.29, 1.82) is 0 Å². The van der Waals surface area contributed by atoms with E-state index in [2.05, 4.69) is 21.1 Å². The van der Waals surface area contributed by atoms with E-state index in [9.17, 15) is 18.4 Å². The van der Waals surface area contributed by atoms with Crippen LogP contribution in [0.15, 0.2) is 57.9 Å². The maximum Gasteiger partial charge on any atom is 0.324 e. The molecule has 3 N–H and O–H groups in total. The van der Waals surface area contributed by atoms with Crippen LogP contribution >= 0.6 is 23.4 Å². The van der Waals surface area contributed by atoms with Gasteiger partial charge in [0, 0.05) is 27.8 Å². The SMILES string of the molecule is CC(C)(C)c1cc(NC(=O)Nc2ccc(NC(=O)c3cccc(SC(F)F)c3Cl)cc2)no1. The van der Waals surface area contributed by atoms with Gasteiger partial charge in [0.2, 0.25) is 0 Å². The molecule has 0 aliphatic rings. The quantitative estimate of drug-likeness (QED) is 0.326. The summed E-state index contributed by atoms with van der Waals surface area (Å²) in [5.74, 6) is -2.28. The second-order valence-electron chi connectivity index (χ2n) is 7.93. The molecule has 0 saturated carbocycles. The highest BCUT2D eigenvalue weighted by molar-refractivity contribution is 7.99. The summed E-state index contributed by atoms with van der Waals surface area (Å²) in [6.07, 6.45) is 0. The normalized spacial score (nSPS) is 11.4. The second kappa shape index (κ2) is 10.2. The van der Waals surface area contributed by atoms with Gasteiger partial charge in [0.1, 0.15) is 5.76 Å². The standard InChI is InChI=1S/C22H21ClF2N4O3S/c1-22(2,3)16-11-17(29-32-16)28-21(31)27-13-9-7-12(8-10-13)26-19(30)14-5-4-6-15(18(14)23)33-20(24)25/h4-11,20H,1-3H3,(H,26,30)(H2,27,28,29,31). The van der Waals surface area contributed by atoms with Gasteiger partial charge in [-0.1, -0.05) is 55.4 Å². The van der Waals surface area contributed by atoms with Crippen LogP contribution in [0.25, 0.3) is 0 Å². The maximum atomic E-state index is 12.6. The van der Waals surface area contributed by atoms with Crippen LogP contribution in [0.1, 0.15) is 36.9 Å². The Balaban J connectivity index is 1.60. The third-order valence-corrected chi connectivity index (χ3v) is 5.61. The predicted octanol–water partition coefficient (Wildman–Crippen LogP) is 6.84. The number of carbonyl (C=O) groups is 2. The Morgan fingerprint density at radius 1 is 1.03 bits per heavy atom. The van der Waals surface area contributed by atoms with Crippen LogP contribution in [0.4, 0.5) is 30.8 Å². The number of nitrogens with zero attached hydrogens (tertiary/aromatic N) is 1. The maximum absolute atomic E-state index is 12.6. The van der Waals surface area contributed by atoms with Crippen LogP contribution in [0.2, 0.25) is 5.02 Å². The molecule has 7 nitrogen and oxygen atoms in total. The van der Waals surface area contributed by atoms with E-state index in [0.29, 0.717) is 17.1 Å². The molecule has 3 rings (SSSR count). The fourth-order valence-electron chi connectivity index (χ4n) is 2.67. The number of aromatic nitrogens is 1. The number of rotatable bonds is 6. The Hall–Kier alpha value is -3.11. The molecule has 1 heterocycles. The fraction of sp³-hybridized carbons (Fsp3) is 0.227. The van der Waals surface area contributed by atoms with Crippen LogP contribution < -0.4 is 16.0 Å². The van der Waals surface area contributed by atoms with Crippen LogP contribution in [0, 0.1) is 0 Å². The number of amides is 3. The molecule has 0 saturated heterocycles. The molecule has 0 spiro atoms. The lowest BCUT2D eigenvalue weighted by atomic mass is 9.93. The number of anilines is 3. The molecule has 3 amide bonds. The molecule has 174 valence electrons. The van der Waals surface area contributed by atoms with Gasteiger partial charge in [-0.25, -0.2) is 4.79 Å². The lowest BCUT2D eigenvalue weighted by molar-refractivity contribution is 0.102. The van der Waals surface area contributed by atoms with Gasteiger partial charge < -0.3 is 15.2 Å². The van der Waals surface area contributed by atoms with Crippen molar-refractivity contribution < 1.29 is 22.9 Å². The van der Waals surface area contributed by atoms with E-state index in [0.717, 1.165) is 0 Å². The monoisotopic (exact) mass is 494 g/mol. The fourth-order valence-corrected chi connectivity index (χ4v) is 3.58. The van der Waals surface area contributed by atoms with Crippen LogP contribution in [0.5, 0.6) is 0 Å². The molecule has 0 bridgehead atoms. The average molecular weight is 495 g/mol. The van der Waals surface area contributed by atoms with Gasteiger partial charge in [-0.3, -0.25) is 10.1 Å². The average Bonchev–Trinajstić information content (AvgIpc) is 3.19. The Morgan fingerprint density at radius 2 is 1.67 bits per heavy atom. The van der Waals surface area contributed by atoms with E-state index in [1.165, 1.54) is 18.2 Å². The molecule has 0 radical (unpaired) electrons. The molecular formula is C22H21ClF2N4O3S. The van der Waals surface area contributed by atoms with Gasteiger partial charge in [-0.05, 0) is 36.4 Å². The summed E-state index contributed by atoms with van der Waals surface area (Å²) in [4.78, 5) is 24.8. The number of hydrogen-bond donors (Lipinski definition) is 3. The van der Waals surface area contributed by atoms with Crippen LogP contribution in [-0.4, -0.2) is 22.9 Å². The Kier molecular flexibility index (Phi) is 7.60. The van der Waals surface area contributed by atoms with Crippen molar-refractivity contribution >= 4 is 52.5 Å². The lowest BCUT2D eigenvalue weighted by Crippen LogP contribution is -2.19. The Labute approximate surface area is 198 Å². The molecular weight excluding hydrogens is 474 g/mol. The van der Waals surface area contributed by atoms with E-state index in [1.54, 1.807) is 30.3 Å². The third kappa shape index (κ3) is 6.69. The van der Waals surface area contributed by atoms with E-state index < -0.39 is 17.7 Å². The summed E-state index contributed by atoms with van der Waals surface area (Å²) in [6.45, 7) is 5.89. The largest absolute Gasteiger partial charge is 0.359 e. The summed E-state index contributed by atoms with van der Waals surface area (Å²) in [7, 11) is 0. The van der Waals surface area contributed by atoms with Crippen molar-refractivity contribution in [1.82, 2.24) is 5.16 Å². The van der Waals surface area contributed by atoms with Gasteiger partial charge in [-0.15, -0.1) is 0 Å². The van der Waals surface area contributed by atoms with Crippen molar-refractivity contribution in [3.63, 3.8) is 0 Å². The van der Waals surface area contributed by atoms with Gasteiger partial charge in [-0.2, -0.15) is 8.78 Å². The first-order valence-corrected chi connectivity index (χ1v) is 11.0. The van der Waals surface area contributed by atoms with Crippen LogP contribution in [-0.2, 0) is 5.41 Å². The predicted molar refractivity (Wildman–Crippen MR) is 126 cm³/mol. The van der Waals surface area contributed by atoms with E-state index in [4.69, 9.17) is 16.1 Å². The summed E-state index contributed by atoms with van der Waals surface area (Å²) >= 11 is 6.38. The van der Waals surface area contributed by atoms with E-state index in [1.807, 2.05) is 20.8 Å². The van der Waals surface area contributed by atoms with Crippen molar-refractivity contribution in [2.24, 2.45) is 0 Å². The second-order valence-corrected chi connectivity index (χ2v) is 9.34. The number of alkyl halides is 2. The van der Waals surface area contributed by atoms with E-state index in [-0.39, 0.29) is 38.5 Å². The molecule has 3 aromatic rings. The first kappa shape index (κ1) is 24.5. The summed E-state index contributed by atoms with van der Waals surface area (Å²) in [5.41, 5.74) is 0.738. The van der Waals surface area contributed by atoms with Gasteiger partial charge >= 0.3 is 6.03 Å². The van der Waals surface area contributed by atoms with Crippen molar-refractivity contribution in [2.45, 2.75) is 36.8 Å². The molecule has 0 aliphatic heterocycles. The lowest BCUT2D eigenvalue weighted by Gasteiger charge is -2.12. The first-order valence-electron chi connectivity index (χ1n) is 9.73. The minimum Gasteiger partial charge on any atom is -0.359 e. The molecule has 1 aromatic heterocycles. The Bertz CT molecular complexity index is 1150. The zero-order valence-electron chi connectivity index (χ0n) is 17.9. The molecule has 11 heteroatoms. The topological polar surface area (TPSA) is 96.3 Å². The third-order valence-electron chi connectivity index (χ3n) is 4.32. The Morgan fingerprint density at radius 3 is 2.24 bits per heavy atom. The number of benzene rings is 2. The smallest absolute Gasteiger partial charge is 0.324 e. The highest BCUT2D eigenvalue weighted by Gasteiger charge is 2.20. The highest BCUT2D eigenvalue weighted by atomic mass is 35.5. The number of halogens is 3. The van der Waals surface area contributed by atoms with Crippen molar-refractivity contribution in [3.8, 4) is 0 Å². The molecule has 0 fully saturated rings. The number of urea groups is 1. The van der Waals surface area contributed by atoms with Gasteiger partial charge in [0.15, 0.2) is 5.82 Å². The van der Waals surface area contributed by atoms with Crippen molar-refractivity contribution in [2.75, 3.05) is 16.0 Å². The number of carbonyl (C=O) groups excluding carboxylic acids is 2. The number of hydrogen-bond acceptors (Lipinski definition) is 5. The zero-order chi connectivity index (χ0) is 24.2. The van der Waals surface area contributed by atoms with Gasteiger partial charge in [0.25, 0.3) is 11.7 Å². The summed E-state index contributed by atoms with van der Waals surface area (Å²) < 4.78 is 30.5. The van der Waals surface area contributed by atoms with Crippen molar-refractivity contribution in [3.05, 3.63) is 64.9 Å². The molecule has 0 aliphatic carbocycles. The summed E-state index contributed by atoms with van der Waals surface area (Å²) in [6, 6.07) is 11.8. The first-order chi connectivity index (χ1) is 15.5. The highest BCUT2D eigenvalue weighted by Crippen LogP contribution is 2.34. The van der Waals surface area contributed by atoms with E-state index >= 15 is 0 Å². The molecule has 0 unspecified atom stereocenters. The van der Waals surface area contributed by atoms with Gasteiger partial charge in [0.05, 0.1) is 10.6 Å². The zero-order valence-corrected chi connectivity index (χ0v) is 19.5. The molecule has 0 atom stereocenters. The molecule has 2 aromatic carbocycles. The molecule has 33 heavy (non-hydrogen) atoms.